The molecular weight excluding hydrogens is 244 g/mol. The zero-order valence-electron chi connectivity index (χ0n) is 13.6. The molecule has 2 rings (SSSR count). The van der Waals surface area contributed by atoms with E-state index in [9.17, 15) is 0 Å². The number of hydrogen-bond acceptors (Lipinski definition) is 2. The third-order valence-electron chi connectivity index (χ3n) is 4.36. The smallest absolute Gasteiger partial charge is 0.0401 e. The highest BCUT2D eigenvalue weighted by molar-refractivity contribution is 5.57. The van der Waals surface area contributed by atoms with Crippen LogP contribution < -0.4 is 10.2 Å². The molecule has 2 atom stereocenters. The Morgan fingerprint density at radius 2 is 2.10 bits per heavy atom. The van der Waals surface area contributed by atoms with E-state index in [0.29, 0.717) is 12.1 Å². The van der Waals surface area contributed by atoms with Crippen LogP contribution in [-0.4, -0.2) is 25.2 Å². The number of anilines is 1. The van der Waals surface area contributed by atoms with Gasteiger partial charge in [-0.15, -0.1) is 0 Å². The van der Waals surface area contributed by atoms with Gasteiger partial charge in [0.2, 0.25) is 0 Å². The first kappa shape index (κ1) is 15.4. The molecule has 2 unspecified atom stereocenters. The van der Waals surface area contributed by atoms with E-state index in [2.05, 4.69) is 56.1 Å². The summed E-state index contributed by atoms with van der Waals surface area (Å²) in [5.74, 6) is 0. The lowest BCUT2D eigenvalue weighted by Crippen LogP contribution is -2.41. The molecule has 0 aliphatic carbocycles. The van der Waals surface area contributed by atoms with Gasteiger partial charge in [0.1, 0.15) is 0 Å². The number of nitrogens with one attached hydrogen (secondary N) is 1. The molecule has 1 N–H and O–H groups in total. The van der Waals surface area contributed by atoms with E-state index in [1.807, 2.05) is 0 Å². The van der Waals surface area contributed by atoms with E-state index in [4.69, 9.17) is 0 Å². The number of nitrogens with zero attached hydrogens (tertiary/aromatic N) is 1. The first-order valence-electron chi connectivity index (χ1n) is 8.21. The van der Waals surface area contributed by atoms with Crippen molar-refractivity contribution < 1.29 is 0 Å². The number of fused-ring (bicyclic) bond motifs is 1. The molecule has 0 spiro atoms. The lowest BCUT2D eigenvalue weighted by Gasteiger charge is -2.37. The summed E-state index contributed by atoms with van der Waals surface area (Å²) >= 11 is 0. The molecule has 0 radical (unpaired) electrons. The molecule has 1 aliphatic heterocycles. The van der Waals surface area contributed by atoms with Crippen molar-refractivity contribution in [1.82, 2.24) is 5.32 Å². The van der Waals surface area contributed by atoms with Gasteiger partial charge in [-0.2, -0.15) is 0 Å². The normalized spacial score (nSPS) is 17.7. The zero-order valence-corrected chi connectivity index (χ0v) is 13.6. The van der Waals surface area contributed by atoms with Crippen molar-refractivity contribution in [3.8, 4) is 0 Å². The summed E-state index contributed by atoms with van der Waals surface area (Å²) < 4.78 is 0. The van der Waals surface area contributed by atoms with E-state index in [1.54, 1.807) is 0 Å². The van der Waals surface area contributed by atoms with Crippen molar-refractivity contribution in [3.63, 3.8) is 0 Å². The van der Waals surface area contributed by atoms with Crippen molar-refractivity contribution in [2.24, 2.45) is 0 Å². The Balaban J connectivity index is 2.03. The molecule has 2 heteroatoms. The predicted octanol–water partition coefficient (Wildman–Crippen LogP) is 3.91. The SMILES string of the molecule is CCCNC(C)CC(C)N1CCCc2cc(C)ccc21. The van der Waals surface area contributed by atoms with Gasteiger partial charge in [-0.3, -0.25) is 0 Å². The first-order valence-corrected chi connectivity index (χ1v) is 8.21. The predicted molar refractivity (Wildman–Crippen MR) is 88.7 cm³/mol. The molecular formula is C18H30N2. The molecule has 1 aliphatic rings. The molecule has 0 amide bonds. The maximum absolute atomic E-state index is 3.61. The zero-order chi connectivity index (χ0) is 14.5. The van der Waals surface area contributed by atoms with Crippen LogP contribution >= 0.6 is 0 Å². The van der Waals surface area contributed by atoms with Crippen molar-refractivity contribution >= 4 is 5.69 Å². The summed E-state index contributed by atoms with van der Waals surface area (Å²) in [6.45, 7) is 11.4. The van der Waals surface area contributed by atoms with Gasteiger partial charge >= 0.3 is 0 Å². The molecule has 1 aromatic carbocycles. The van der Waals surface area contributed by atoms with Gasteiger partial charge in [0.25, 0.3) is 0 Å². The molecule has 0 saturated heterocycles. The van der Waals surface area contributed by atoms with Crippen molar-refractivity contribution in [2.75, 3.05) is 18.0 Å². The summed E-state index contributed by atoms with van der Waals surface area (Å²) in [5.41, 5.74) is 4.39. The summed E-state index contributed by atoms with van der Waals surface area (Å²) in [7, 11) is 0. The minimum absolute atomic E-state index is 0.598. The van der Waals surface area contributed by atoms with Crippen LogP contribution in [0.15, 0.2) is 18.2 Å². The van der Waals surface area contributed by atoms with Crippen LogP contribution in [-0.2, 0) is 6.42 Å². The lowest BCUT2D eigenvalue weighted by molar-refractivity contribution is 0.452. The molecule has 20 heavy (non-hydrogen) atoms. The molecule has 0 fully saturated rings. The summed E-state index contributed by atoms with van der Waals surface area (Å²) in [6.07, 6.45) is 4.96. The summed E-state index contributed by atoms with van der Waals surface area (Å²) in [4.78, 5) is 2.61. The molecule has 0 bridgehead atoms. The standard InChI is InChI=1S/C18H30N2/c1-5-10-19-15(3)13-16(4)20-11-6-7-17-12-14(2)8-9-18(17)20/h8-9,12,15-16,19H,5-7,10-11,13H2,1-4H3. The fourth-order valence-corrected chi connectivity index (χ4v) is 3.33. The second kappa shape index (κ2) is 7.12. The highest BCUT2D eigenvalue weighted by Crippen LogP contribution is 2.30. The molecule has 1 aromatic rings. The maximum atomic E-state index is 3.61. The van der Waals surface area contributed by atoms with Crippen LogP contribution in [0.5, 0.6) is 0 Å². The van der Waals surface area contributed by atoms with E-state index < -0.39 is 0 Å². The second-order valence-corrected chi connectivity index (χ2v) is 6.37. The molecule has 112 valence electrons. The topological polar surface area (TPSA) is 15.3 Å². The second-order valence-electron chi connectivity index (χ2n) is 6.37. The minimum atomic E-state index is 0.598. The fourth-order valence-electron chi connectivity index (χ4n) is 3.33. The number of aryl methyl sites for hydroxylation is 2. The van der Waals surface area contributed by atoms with Gasteiger partial charge in [-0.1, -0.05) is 24.6 Å². The van der Waals surface area contributed by atoms with Crippen molar-refractivity contribution in [2.45, 2.75) is 65.5 Å². The Bertz CT molecular complexity index is 427. The van der Waals surface area contributed by atoms with Crippen LogP contribution in [0.1, 0.15) is 51.2 Å². The Hall–Kier alpha value is -1.02. The van der Waals surface area contributed by atoms with Gasteiger partial charge in [0, 0.05) is 24.3 Å². The summed E-state index contributed by atoms with van der Waals surface area (Å²) in [5, 5.41) is 3.61. The van der Waals surface area contributed by atoms with Crippen LogP contribution in [0.3, 0.4) is 0 Å². The van der Waals surface area contributed by atoms with Gasteiger partial charge in [-0.25, -0.2) is 0 Å². The van der Waals surface area contributed by atoms with Gasteiger partial charge in [-0.05, 0) is 64.6 Å². The molecule has 2 nitrogen and oxygen atoms in total. The highest BCUT2D eigenvalue weighted by Gasteiger charge is 2.22. The van der Waals surface area contributed by atoms with Crippen LogP contribution in [0.4, 0.5) is 5.69 Å². The number of rotatable bonds is 6. The van der Waals surface area contributed by atoms with Crippen LogP contribution in [0.25, 0.3) is 0 Å². The number of hydrogen-bond donors (Lipinski definition) is 1. The average Bonchev–Trinajstić information content (AvgIpc) is 2.44. The van der Waals surface area contributed by atoms with Gasteiger partial charge in [0.05, 0.1) is 0 Å². The Morgan fingerprint density at radius 1 is 1.30 bits per heavy atom. The monoisotopic (exact) mass is 274 g/mol. The molecule has 1 heterocycles. The van der Waals surface area contributed by atoms with Gasteiger partial charge < -0.3 is 10.2 Å². The largest absolute Gasteiger partial charge is 0.369 e. The van der Waals surface area contributed by atoms with Crippen LogP contribution in [0, 0.1) is 6.92 Å². The van der Waals surface area contributed by atoms with E-state index in [1.165, 1.54) is 49.0 Å². The Labute approximate surface area is 124 Å². The first-order chi connectivity index (χ1) is 9.61. The van der Waals surface area contributed by atoms with E-state index in [-0.39, 0.29) is 0 Å². The quantitative estimate of drug-likeness (QED) is 0.846. The Kier molecular flexibility index (Phi) is 5.47. The highest BCUT2D eigenvalue weighted by atomic mass is 15.2. The van der Waals surface area contributed by atoms with E-state index >= 15 is 0 Å². The van der Waals surface area contributed by atoms with Crippen molar-refractivity contribution in [1.29, 1.82) is 0 Å². The third-order valence-corrected chi connectivity index (χ3v) is 4.36. The van der Waals surface area contributed by atoms with Crippen LogP contribution in [0.2, 0.25) is 0 Å². The summed E-state index contributed by atoms with van der Waals surface area (Å²) in [6, 6.07) is 8.15. The Morgan fingerprint density at radius 3 is 2.85 bits per heavy atom. The fraction of sp³-hybridized carbons (Fsp3) is 0.667. The van der Waals surface area contributed by atoms with Crippen molar-refractivity contribution in [3.05, 3.63) is 29.3 Å². The van der Waals surface area contributed by atoms with Gasteiger partial charge in [0.15, 0.2) is 0 Å². The molecule has 0 aromatic heterocycles. The van der Waals surface area contributed by atoms with E-state index in [0.717, 1.165) is 6.54 Å². The minimum Gasteiger partial charge on any atom is -0.369 e. The lowest BCUT2D eigenvalue weighted by atomic mass is 9.97. The average molecular weight is 274 g/mol. The third kappa shape index (κ3) is 3.76. The molecule has 0 saturated carbocycles. The number of benzene rings is 1. The maximum Gasteiger partial charge on any atom is 0.0401 e.